The van der Waals surface area contributed by atoms with Crippen LogP contribution in [0.1, 0.15) is 44.1 Å². The number of urea groups is 1. The second-order valence-electron chi connectivity index (χ2n) is 6.75. The smallest absolute Gasteiger partial charge is 0.331 e. The molecule has 4 amide bonds. The first kappa shape index (κ1) is 18.9. The zero-order valence-corrected chi connectivity index (χ0v) is 15.6. The minimum Gasteiger partial charge on any atom is -0.493 e. The predicted molar refractivity (Wildman–Crippen MR) is 99.4 cm³/mol. The van der Waals surface area contributed by atoms with E-state index < -0.39 is 17.8 Å². The van der Waals surface area contributed by atoms with E-state index in [-0.39, 0.29) is 11.6 Å². The van der Waals surface area contributed by atoms with Crippen molar-refractivity contribution in [3.8, 4) is 11.5 Å². The number of amides is 4. The zero-order chi connectivity index (χ0) is 19.4. The number of carbonyl (C=O) groups excluding carboxylic acids is 3. The van der Waals surface area contributed by atoms with E-state index >= 15 is 0 Å². The largest absolute Gasteiger partial charge is 0.493 e. The average molecular weight is 372 g/mol. The van der Waals surface area contributed by atoms with Crippen molar-refractivity contribution in [1.29, 1.82) is 0 Å². The Bertz CT molecular complexity index is 779. The van der Waals surface area contributed by atoms with Crippen LogP contribution in [0, 0.1) is 0 Å². The van der Waals surface area contributed by atoms with Crippen LogP contribution in [0.25, 0.3) is 6.08 Å². The number of carbonyl (C=O) groups is 3. The lowest BCUT2D eigenvalue weighted by atomic mass is 10.0. The molecule has 3 rings (SSSR count). The molecule has 2 aliphatic rings. The number of ether oxygens (including phenoxy) is 2. The lowest BCUT2D eigenvalue weighted by Gasteiger charge is -2.32. The van der Waals surface area contributed by atoms with Crippen molar-refractivity contribution in [2.45, 2.75) is 44.6 Å². The molecule has 1 N–H and O–H groups in total. The number of hydrogen-bond donors (Lipinski definition) is 1. The van der Waals surface area contributed by atoms with Gasteiger partial charge in [-0.1, -0.05) is 31.7 Å². The van der Waals surface area contributed by atoms with Gasteiger partial charge in [0, 0.05) is 6.04 Å². The van der Waals surface area contributed by atoms with Crippen LogP contribution in [-0.2, 0) is 9.59 Å². The molecule has 7 nitrogen and oxygen atoms in total. The quantitative estimate of drug-likeness (QED) is 0.499. The third-order valence-corrected chi connectivity index (χ3v) is 5.04. The zero-order valence-electron chi connectivity index (χ0n) is 15.6. The summed E-state index contributed by atoms with van der Waals surface area (Å²) in [4.78, 5) is 38.8. The Morgan fingerprint density at radius 3 is 2.30 bits per heavy atom. The number of imide groups is 2. The van der Waals surface area contributed by atoms with Gasteiger partial charge >= 0.3 is 6.03 Å². The van der Waals surface area contributed by atoms with Crippen LogP contribution < -0.4 is 14.8 Å². The maximum atomic E-state index is 13.0. The summed E-state index contributed by atoms with van der Waals surface area (Å²) in [6, 6.07) is 4.31. The molecule has 1 saturated heterocycles. The van der Waals surface area contributed by atoms with Gasteiger partial charge in [0.2, 0.25) is 0 Å². The Labute approximate surface area is 158 Å². The van der Waals surface area contributed by atoms with Gasteiger partial charge in [-0.2, -0.15) is 0 Å². The van der Waals surface area contributed by atoms with Crippen LogP contribution in [0.3, 0.4) is 0 Å². The van der Waals surface area contributed by atoms with Crippen molar-refractivity contribution in [3.05, 3.63) is 29.3 Å². The summed E-state index contributed by atoms with van der Waals surface area (Å²) in [5.41, 5.74) is 0.562. The lowest BCUT2D eigenvalue weighted by molar-refractivity contribution is -0.131. The molecular formula is C20H24N2O5. The van der Waals surface area contributed by atoms with Crippen molar-refractivity contribution in [2.75, 3.05) is 14.2 Å². The summed E-state index contributed by atoms with van der Waals surface area (Å²) in [5.74, 6) is -0.170. The molecule has 2 fully saturated rings. The maximum Gasteiger partial charge on any atom is 0.331 e. The standard InChI is InChI=1S/C20H24N2O5/c1-26-16-10-9-13(12-17(16)27-2)11-15-18(23)21-20(25)22(19(15)24)14-7-5-3-4-6-8-14/h9-12,14H,3-8H2,1-2H3,(H,21,23,25)/b15-11+. The van der Waals surface area contributed by atoms with Gasteiger partial charge in [0.25, 0.3) is 11.8 Å². The highest BCUT2D eigenvalue weighted by atomic mass is 16.5. The summed E-state index contributed by atoms with van der Waals surface area (Å²) in [6.45, 7) is 0. The van der Waals surface area contributed by atoms with Crippen molar-refractivity contribution >= 4 is 23.9 Å². The van der Waals surface area contributed by atoms with Gasteiger partial charge in [-0.15, -0.1) is 0 Å². The van der Waals surface area contributed by atoms with E-state index in [0.29, 0.717) is 17.1 Å². The average Bonchev–Trinajstić information content (AvgIpc) is 2.94. The molecule has 1 aliphatic carbocycles. The van der Waals surface area contributed by atoms with Crippen molar-refractivity contribution in [1.82, 2.24) is 10.2 Å². The number of benzene rings is 1. The lowest BCUT2D eigenvalue weighted by Crippen LogP contribution is -2.57. The van der Waals surface area contributed by atoms with Gasteiger partial charge in [0.15, 0.2) is 11.5 Å². The molecule has 1 saturated carbocycles. The van der Waals surface area contributed by atoms with Crippen LogP contribution >= 0.6 is 0 Å². The first-order chi connectivity index (χ1) is 13.0. The number of barbiturate groups is 1. The number of nitrogens with one attached hydrogen (secondary N) is 1. The minimum absolute atomic E-state index is 0.0499. The van der Waals surface area contributed by atoms with Crippen LogP contribution in [-0.4, -0.2) is 43.0 Å². The summed E-state index contributed by atoms with van der Waals surface area (Å²) in [6.07, 6.45) is 7.19. The third-order valence-electron chi connectivity index (χ3n) is 5.04. The van der Waals surface area contributed by atoms with E-state index in [1.807, 2.05) is 0 Å². The molecule has 7 heteroatoms. The highest BCUT2D eigenvalue weighted by Crippen LogP contribution is 2.30. The van der Waals surface area contributed by atoms with Gasteiger partial charge in [-0.05, 0) is 36.6 Å². The van der Waals surface area contributed by atoms with E-state index in [1.54, 1.807) is 18.2 Å². The number of methoxy groups -OCH3 is 2. The van der Waals surface area contributed by atoms with Crippen LogP contribution in [0.5, 0.6) is 11.5 Å². The summed E-state index contributed by atoms with van der Waals surface area (Å²) in [5, 5.41) is 2.30. The number of nitrogens with zero attached hydrogens (tertiary/aromatic N) is 1. The molecule has 0 aromatic heterocycles. The SMILES string of the molecule is COc1ccc(/C=C2\C(=O)NC(=O)N(C3CCCCCC3)C2=O)cc1OC. The molecular weight excluding hydrogens is 348 g/mol. The van der Waals surface area contributed by atoms with Crippen LogP contribution in [0.4, 0.5) is 4.79 Å². The molecule has 0 bridgehead atoms. The third kappa shape index (κ3) is 3.97. The molecule has 0 unspecified atom stereocenters. The fraction of sp³-hybridized carbons (Fsp3) is 0.450. The Morgan fingerprint density at radius 1 is 1.00 bits per heavy atom. The molecule has 1 heterocycles. The van der Waals surface area contributed by atoms with Crippen LogP contribution in [0.15, 0.2) is 23.8 Å². The highest BCUT2D eigenvalue weighted by molar-refractivity contribution is 6.31. The van der Waals surface area contributed by atoms with Gasteiger partial charge in [0.05, 0.1) is 14.2 Å². The second-order valence-corrected chi connectivity index (χ2v) is 6.75. The fourth-order valence-electron chi connectivity index (χ4n) is 3.63. The second kappa shape index (κ2) is 8.24. The van der Waals surface area contributed by atoms with E-state index in [9.17, 15) is 14.4 Å². The summed E-state index contributed by atoms with van der Waals surface area (Å²) in [7, 11) is 3.05. The molecule has 0 atom stereocenters. The van der Waals surface area contributed by atoms with E-state index in [4.69, 9.17) is 9.47 Å². The molecule has 0 spiro atoms. The van der Waals surface area contributed by atoms with Crippen molar-refractivity contribution in [3.63, 3.8) is 0 Å². The van der Waals surface area contributed by atoms with E-state index in [2.05, 4.69) is 5.32 Å². The molecule has 27 heavy (non-hydrogen) atoms. The number of hydrogen-bond acceptors (Lipinski definition) is 5. The summed E-state index contributed by atoms with van der Waals surface area (Å²) < 4.78 is 10.5. The number of rotatable bonds is 4. The van der Waals surface area contributed by atoms with Gasteiger partial charge in [-0.25, -0.2) is 4.79 Å². The molecule has 1 aromatic rings. The maximum absolute atomic E-state index is 13.0. The monoisotopic (exact) mass is 372 g/mol. The Morgan fingerprint density at radius 2 is 1.67 bits per heavy atom. The van der Waals surface area contributed by atoms with Crippen molar-refractivity contribution in [2.24, 2.45) is 0 Å². The molecule has 1 aliphatic heterocycles. The first-order valence-electron chi connectivity index (χ1n) is 9.17. The van der Waals surface area contributed by atoms with Crippen molar-refractivity contribution < 1.29 is 23.9 Å². The Balaban J connectivity index is 1.91. The topological polar surface area (TPSA) is 84.9 Å². The molecule has 0 radical (unpaired) electrons. The highest BCUT2D eigenvalue weighted by Gasteiger charge is 2.39. The van der Waals surface area contributed by atoms with Gasteiger partial charge < -0.3 is 9.47 Å². The van der Waals surface area contributed by atoms with Crippen LogP contribution in [0.2, 0.25) is 0 Å². The van der Waals surface area contributed by atoms with Gasteiger partial charge in [-0.3, -0.25) is 19.8 Å². The Hall–Kier alpha value is -2.83. The predicted octanol–water partition coefficient (Wildman–Crippen LogP) is 2.89. The normalized spacial score (nSPS) is 20.4. The van der Waals surface area contributed by atoms with E-state index in [1.165, 1.54) is 25.2 Å². The molecule has 1 aromatic carbocycles. The first-order valence-corrected chi connectivity index (χ1v) is 9.17. The molecule has 144 valence electrons. The van der Waals surface area contributed by atoms with Gasteiger partial charge in [0.1, 0.15) is 5.57 Å². The summed E-state index contributed by atoms with van der Waals surface area (Å²) >= 11 is 0. The minimum atomic E-state index is -0.676. The van der Waals surface area contributed by atoms with E-state index in [0.717, 1.165) is 38.5 Å². The Kier molecular flexibility index (Phi) is 5.78. The fourth-order valence-corrected chi connectivity index (χ4v) is 3.63.